The molecule has 0 saturated heterocycles. The molecule has 0 amide bonds. The van der Waals surface area contributed by atoms with Gasteiger partial charge in [-0.05, 0) is 68.9 Å². The van der Waals surface area contributed by atoms with Crippen molar-refractivity contribution in [2.75, 3.05) is 12.0 Å². The Balaban J connectivity index is 1.36. The lowest BCUT2D eigenvalue weighted by molar-refractivity contribution is 0.0849. The molecule has 7 heteroatoms. The molecule has 1 atom stereocenters. The van der Waals surface area contributed by atoms with Gasteiger partial charge in [-0.25, -0.2) is 9.66 Å². The summed E-state index contributed by atoms with van der Waals surface area (Å²) < 4.78 is 1.48. The Kier molecular flexibility index (Phi) is 7.56. The number of carbonyl (C=O) groups excluding carboxylic acids is 1. The number of allylic oxidation sites excluding steroid dienone is 6. The fourth-order valence-corrected chi connectivity index (χ4v) is 5.41. The third-order valence-corrected chi connectivity index (χ3v) is 7.84. The molecule has 5 rings (SSSR count). The van der Waals surface area contributed by atoms with Crippen LogP contribution in [-0.4, -0.2) is 38.0 Å². The third kappa shape index (κ3) is 5.20. The van der Waals surface area contributed by atoms with E-state index in [1.54, 1.807) is 0 Å². The zero-order valence-electron chi connectivity index (χ0n) is 22.8. The van der Waals surface area contributed by atoms with E-state index in [0.29, 0.717) is 5.82 Å². The highest BCUT2D eigenvalue weighted by molar-refractivity contribution is 5.96. The first kappa shape index (κ1) is 26.0. The summed E-state index contributed by atoms with van der Waals surface area (Å²) in [5, 5.41) is 0. The van der Waals surface area contributed by atoms with E-state index in [2.05, 4.69) is 66.5 Å². The molecule has 1 N–H and O–H groups in total. The minimum atomic E-state index is -0.246. The molecule has 0 bridgehead atoms. The molecule has 4 heterocycles. The van der Waals surface area contributed by atoms with Crippen LogP contribution in [0.15, 0.2) is 58.6 Å². The first-order chi connectivity index (χ1) is 18.4. The summed E-state index contributed by atoms with van der Waals surface area (Å²) >= 11 is 0. The fourth-order valence-electron chi connectivity index (χ4n) is 5.41. The number of aromatic nitrogens is 3. The summed E-state index contributed by atoms with van der Waals surface area (Å²) in [6, 6.07) is 3.63. The van der Waals surface area contributed by atoms with Gasteiger partial charge in [-0.3, -0.25) is 24.9 Å². The predicted octanol–water partition coefficient (Wildman–Crippen LogP) is 5.28. The number of Topliss-reactive ketones (excluding diaryl/α,β-unsaturated/α-hetero) is 1. The van der Waals surface area contributed by atoms with Gasteiger partial charge in [0.15, 0.2) is 11.6 Å². The molecule has 1 unspecified atom stereocenters. The Labute approximate surface area is 224 Å². The lowest BCUT2D eigenvalue weighted by Gasteiger charge is -2.39. The first-order valence-electron chi connectivity index (χ1n) is 13.7. The van der Waals surface area contributed by atoms with E-state index < -0.39 is 0 Å². The van der Waals surface area contributed by atoms with Crippen molar-refractivity contribution in [2.45, 2.75) is 72.5 Å². The van der Waals surface area contributed by atoms with E-state index in [0.717, 1.165) is 67.6 Å². The first-order valence-corrected chi connectivity index (χ1v) is 13.7. The largest absolute Gasteiger partial charge is 0.300 e. The van der Waals surface area contributed by atoms with E-state index in [-0.39, 0.29) is 29.1 Å². The zero-order valence-corrected chi connectivity index (χ0v) is 22.8. The Bertz CT molecular complexity index is 1420. The number of carbonyl (C=O) groups is 1. The van der Waals surface area contributed by atoms with Gasteiger partial charge in [-0.2, -0.15) is 0 Å². The number of ketones is 1. The summed E-state index contributed by atoms with van der Waals surface area (Å²) in [6.45, 7) is 9.92. The molecule has 2 aliphatic heterocycles. The average molecular weight is 512 g/mol. The number of nitrogens with zero attached hydrogens (tertiary/aromatic N) is 4. The van der Waals surface area contributed by atoms with Crippen molar-refractivity contribution >= 4 is 17.4 Å². The van der Waals surface area contributed by atoms with Crippen LogP contribution in [0.2, 0.25) is 0 Å². The van der Waals surface area contributed by atoms with Crippen LogP contribution < -0.4 is 11.0 Å². The second-order valence-corrected chi connectivity index (χ2v) is 10.6. The number of hydrogen-bond acceptors (Lipinski definition) is 6. The topological polar surface area (TPSA) is 80.1 Å². The van der Waals surface area contributed by atoms with Crippen LogP contribution in [0.25, 0.3) is 11.6 Å². The number of fused-ring (bicyclic) bond motifs is 2. The maximum atomic E-state index is 13.0. The molecule has 0 aromatic carbocycles. The van der Waals surface area contributed by atoms with Crippen molar-refractivity contribution in [1.82, 2.24) is 19.5 Å². The predicted molar refractivity (Wildman–Crippen MR) is 152 cm³/mol. The molecule has 2 aromatic rings. The minimum absolute atomic E-state index is 0.00671. The molecule has 0 spiro atoms. The van der Waals surface area contributed by atoms with Crippen molar-refractivity contribution < 1.29 is 4.79 Å². The van der Waals surface area contributed by atoms with Crippen LogP contribution >= 0.6 is 0 Å². The van der Waals surface area contributed by atoms with Crippen LogP contribution in [0.4, 0.5) is 0 Å². The van der Waals surface area contributed by atoms with Crippen LogP contribution in [-0.2, 0) is 13.0 Å². The highest BCUT2D eigenvalue weighted by Gasteiger charge is 2.31. The molecule has 1 saturated carbocycles. The molecule has 1 fully saturated rings. The van der Waals surface area contributed by atoms with Crippen molar-refractivity contribution in [2.24, 2.45) is 5.92 Å². The van der Waals surface area contributed by atoms with Gasteiger partial charge < -0.3 is 0 Å². The Morgan fingerprint density at radius 3 is 2.76 bits per heavy atom. The molecule has 3 aliphatic rings. The lowest BCUT2D eigenvalue weighted by Crippen LogP contribution is -2.52. The van der Waals surface area contributed by atoms with E-state index >= 15 is 0 Å². The highest BCUT2D eigenvalue weighted by atomic mass is 16.1. The van der Waals surface area contributed by atoms with Crippen LogP contribution in [0, 0.1) is 5.92 Å². The normalized spacial score (nSPS) is 20.4. The number of hydrogen-bond donors (Lipinski definition) is 1. The Morgan fingerprint density at radius 1 is 1.24 bits per heavy atom. The van der Waals surface area contributed by atoms with Gasteiger partial charge in [0.25, 0.3) is 5.56 Å². The minimum Gasteiger partial charge on any atom is -0.300 e. The fraction of sp³-hybridized carbons (Fsp3) is 0.419. The molecule has 38 heavy (non-hydrogen) atoms. The maximum Gasteiger partial charge on any atom is 0.273 e. The van der Waals surface area contributed by atoms with Gasteiger partial charge in [-0.1, -0.05) is 43.2 Å². The summed E-state index contributed by atoms with van der Waals surface area (Å²) in [7, 11) is 0. The number of pyridine rings is 1. The molecule has 2 aromatic heterocycles. The van der Waals surface area contributed by atoms with E-state index in [1.165, 1.54) is 21.9 Å². The average Bonchev–Trinajstić information content (AvgIpc) is 2.87. The summed E-state index contributed by atoms with van der Waals surface area (Å²) in [5.74, 6) is 0.501. The van der Waals surface area contributed by atoms with Gasteiger partial charge in [0.2, 0.25) is 0 Å². The molecule has 7 nitrogen and oxygen atoms in total. The smallest absolute Gasteiger partial charge is 0.273 e. The van der Waals surface area contributed by atoms with E-state index in [9.17, 15) is 9.59 Å². The van der Waals surface area contributed by atoms with Gasteiger partial charge in [0, 0.05) is 48.9 Å². The molecule has 198 valence electrons. The van der Waals surface area contributed by atoms with Gasteiger partial charge >= 0.3 is 0 Å². The Hall–Kier alpha value is -3.58. The molecule has 0 radical (unpaired) electrons. The summed E-state index contributed by atoms with van der Waals surface area (Å²) in [6.07, 6.45) is 17.1. The molecular weight excluding hydrogens is 474 g/mol. The zero-order chi connectivity index (χ0) is 26.8. The number of nitrogens with one attached hydrogen (secondary N) is 1. The maximum absolute atomic E-state index is 13.0. The van der Waals surface area contributed by atoms with Crippen LogP contribution in [0.3, 0.4) is 0 Å². The summed E-state index contributed by atoms with van der Waals surface area (Å²) in [5.41, 5.74) is 10.3. The second kappa shape index (κ2) is 11.0. The van der Waals surface area contributed by atoms with Crippen molar-refractivity contribution in [3.63, 3.8) is 0 Å². The molecular formula is C31H37N5O2. The summed E-state index contributed by atoms with van der Waals surface area (Å²) in [4.78, 5) is 37.4. The van der Waals surface area contributed by atoms with Gasteiger partial charge in [0.05, 0.1) is 0 Å². The standard InChI is InChI=1S/C31H37N5O2/c1-5-8-20(3)11-12-22(6-2)24-16-25-19-35(14-13-26(25)32-18-24)31-21(4)15-28-33-27(17-29(37)36(28)34-31)30(38)23-9-7-10-23/h6,8,11-12,15-18,23,31,34H,5,7,9-10,13-14,19H2,1-4H3/b12-11-,20-8+,22-6+. The Morgan fingerprint density at radius 2 is 2.05 bits per heavy atom. The van der Waals surface area contributed by atoms with Crippen molar-refractivity contribution in [3.8, 4) is 0 Å². The van der Waals surface area contributed by atoms with Crippen molar-refractivity contribution in [1.29, 1.82) is 0 Å². The quantitative estimate of drug-likeness (QED) is 0.402. The van der Waals surface area contributed by atoms with E-state index in [1.807, 2.05) is 19.2 Å². The number of rotatable bonds is 7. The van der Waals surface area contributed by atoms with Gasteiger partial charge in [-0.15, -0.1) is 0 Å². The van der Waals surface area contributed by atoms with Gasteiger partial charge in [0.1, 0.15) is 11.9 Å². The van der Waals surface area contributed by atoms with Crippen LogP contribution in [0.1, 0.15) is 86.5 Å². The highest BCUT2D eigenvalue weighted by Crippen LogP contribution is 2.30. The van der Waals surface area contributed by atoms with Crippen molar-refractivity contribution in [3.05, 3.63) is 92.5 Å². The SMILES string of the molecule is C\C=C(/C=C\C(C)=C\CC)c1cnc2c(c1)CN(C1Nn3c(nc(C(=O)C4CCC4)cc3=O)C=C1C)CC2. The lowest BCUT2D eigenvalue weighted by atomic mass is 9.81. The monoisotopic (exact) mass is 511 g/mol. The molecule has 1 aliphatic carbocycles. The van der Waals surface area contributed by atoms with Crippen LogP contribution in [0.5, 0.6) is 0 Å². The third-order valence-electron chi connectivity index (χ3n) is 7.84. The van der Waals surface area contributed by atoms with E-state index in [4.69, 9.17) is 4.98 Å². The second-order valence-electron chi connectivity index (χ2n) is 10.6.